The Kier molecular flexibility index (Phi) is 8.50. The summed E-state index contributed by atoms with van der Waals surface area (Å²) in [5.74, 6) is -0.800. The van der Waals surface area contributed by atoms with Gasteiger partial charge in [-0.2, -0.15) is 5.26 Å². The van der Waals surface area contributed by atoms with Crippen LogP contribution in [-0.4, -0.2) is 45.6 Å². The molecule has 6 nitrogen and oxygen atoms in total. The van der Waals surface area contributed by atoms with E-state index in [-0.39, 0.29) is 13.2 Å². The molecule has 0 aliphatic rings. The summed E-state index contributed by atoms with van der Waals surface area (Å²) < 4.78 is 22.5. The van der Waals surface area contributed by atoms with Gasteiger partial charge in [0, 0.05) is 18.6 Å². The summed E-state index contributed by atoms with van der Waals surface area (Å²) >= 11 is 0. The lowest BCUT2D eigenvalue weighted by molar-refractivity contribution is -0.168. The molecule has 0 saturated carbocycles. The van der Waals surface area contributed by atoms with Crippen LogP contribution in [0.1, 0.15) is 37.8 Å². The Balaban J connectivity index is 2.33. The van der Waals surface area contributed by atoms with Gasteiger partial charge in [0.2, 0.25) is 0 Å². The molecule has 0 fully saturated rings. The van der Waals surface area contributed by atoms with Crippen molar-refractivity contribution in [3.8, 4) is 11.8 Å². The number of fused-ring (bicyclic) bond motifs is 1. The monoisotopic (exact) mass is 475 g/mol. The predicted octanol–water partition coefficient (Wildman–Crippen LogP) is 5.49. The summed E-state index contributed by atoms with van der Waals surface area (Å²) in [6.07, 6.45) is 0. The van der Waals surface area contributed by atoms with E-state index in [1.54, 1.807) is 35.0 Å². The van der Waals surface area contributed by atoms with Crippen LogP contribution in [0.3, 0.4) is 0 Å². The fourth-order valence-corrected chi connectivity index (χ4v) is 4.25. The first-order chi connectivity index (χ1) is 16.8. The number of nitrogens with zero attached hydrogens (tertiary/aromatic N) is 1. The molecule has 3 aromatic rings. The van der Waals surface area contributed by atoms with Crippen molar-refractivity contribution in [1.29, 1.82) is 5.26 Å². The fourth-order valence-electron chi connectivity index (χ4n) is 4.25. The van der Waals surface area contributed by atoms with Crippen LogP contribution < -0.4 is 4.74 Å². The maximum absolute atomic E-state index is 13.9. The summed E-state index contributed by atoms with van der Waals surface area (Å²) in [6, 6.07) is 23.6. The Morgan fingerprint density at radius 1 is 0.914 bits per heavy atom. The van der Waals surface area contributed by atoms with E-state index in [2.05, 4.69) is 6.07 Å². The van der Waals surface area contributed by atoms with Crippen molar-refractivity contribution in [1.82, 2.24) is 0 Å². The van der Waals surface area contributed by atoms with Crippen molar-refractivity contribution < 1.29 is 23.7 Å². The van der Waals surface area contributed by atoms with Gasteiger partial charge in [-0.1, -0.05) is 60.7 Å². The normalized spacial score (nSPS) is 14.1. The molecule has 0 aromatic heterocycles. The highest BCUT2D eigenvalue weighted by Crippen LogP contribution is 2.48. The molecule has 0 heterocycles. The minimum absolute atomic E-state index is 0.173. The van der Waals surface area contributed by atoms with E-state index < -0.39 is 22.9 Å². The molecule has 0 N–H and O–H groups in total. The highest BCUT2D eigenvalue weighted by Gasteiger charge is 2.52. The molecule has 6 heteroatoms. The number of methoxy groups -OCH3 is 2. The minimum Gasteiger partial charge on any atom is -0.496 e. The molecule has 0 amide bonds. The Bertz CT molecular complexity index is 1190. The van der Waals surface area contributed by atoms with Crippen LogP contribution in [0, 0.1) is 16.7 Å². The second kappa shape index (κ2) is 11.4. The van der Waals surface area contributed by atoms with Gasteiger partial charge < -0.3 is 18.9 Å². The van der Waals surface area contributed by atoms with Gasteiger partial charge in [-0.25, -0.2) is 0 Å². The lowest BCUT2D eigenvalue weighted by Gasteiger charge is -2.36. The summed E-state index contributed by atoms with van der Waals surface area (Å²) in [5.41, 5.74) is -0.972. The lowest BCUT2D eigenvalue weighted by Crippen LogP contribution is -2.45. The first kappa shape index (κ1) is 26.2. The van der Waals surface area contributed by atoms with Crippen molar-refractivity contribution in [2.24, 2.45) is 5.41 Å². The third-order valence-electron chi connectivity index (χ3n) is 5.80. The first-order valence-electron chi connectivity index (χ1n) is 11.6. The quantitative estimate of drug-likeness (QED) is 0.285. The number of carbonyl (C=O) groups is 1. The molecule has 2 atom stereocenters. The average molecular weight is 476 g/mol. The smallest absolute Gasteiger partial charge is 0.330 e. The number of rotatable bonds is 10. The largest absolute Gasteiger partial charge is 0.496 e. The molecule has 0 spiro atoms. The van der Waals surface area contributed by atoms with E-state index in [0.717, 1.165) is 16.3 Å². The van der Waals surface area contributed by atoms with E-state index in [9.17, 15) is 10.1 Å². The van der Waals surface area contributed by atoms with Crippen LogP contribution in [0.5, 0.6) is 5.75 Å². The summed E-state index contributed by atoms with van der Waals surface area (Å²) in [7, 11) is 3.15. The number of hydrogen-bond acceptors (Lipinski definition) is 6. The SMILES string of the molecule is COCCOCC(C#N)(C(=O)OC(C)(C)C)C(c1ccccc1OC)c1cccc2ccccc12. The first-order valence-corrected chi connectivity index (χ1v) is 11.6. The van der Waals surface area contributed by atoms with Crippen LogP contribution in [0.2, 0.25) is 0 Å². The number of hydrogen-bond donors (Lipinski definition) is 0. The molecule has 3 rings (SSSR count). The van der Waals surface area contributed by atoms with Gasteiger partial charge in [-0.05, 0) is 43.2 Å². The number of carbonyl (C=O) groups excluding carboxylic acids is 1. The summed E-state index contributed by atoms with van der Waals surface area (Å²) in [5, 5.41) is 12.7. The van der Waals surface area contributed by atoms with E-state index >= 15 is 0 Å². The summed E-state index contributed by atoms with van der Waals surface area (Å²) in [4.78, 5) is 13.9. The molecule has 0 radical (unpaired) electrons. The van der Waals surface area contributed by atoms with Crippen molar-refractivity contribution >= 4 is 16.7 Å². The van der Waals surface area contributed by atoms with Crippen molar-refractivity contribution in [2.45, 2.75) is 32.3 Å². The summed E-state index contributed by atoms with van der Waals surface area (Å²) in [6.45, 7) is 5.76. The van der Waals surface area contributed by atoms with E-state index in [1.165, 1.54) is 0 Å². The minimum atomic E-state index is -1.69. The Labute approximate surface area is 207 Å². The number of ether oxygens (including phenoxy) is 4. The number of esters is 1. The molecule has 3 aromatic carbocycles. The van der Waals surface area contributed by atoms with Crippen LogP contribution >= 0.6 is 0 Å². The van der Waals surface area contributed by atoms with Gasteiger partial charge in [-0.15, -0.1) is 0 Å². The van der Waals surface area contributed by atoms with E-state index in [4.69, 9.17) is 18.9 Å². The molecule has 0 saturated heterocycles. The second-order valence-corrected chi connectivity index (χ2v) is 9.37. The van der Waals surface area contributed by atoms with Crippen molar-refractivity contribution in [3.63, 3.8) is 0 Å². The van der Waals surface area contributed by atoms with Gasteiger partial charge >= 0.3 is 5.97 Å². The standard InChI is InChI=1S/C29H33NO5/c1-28(2,3)35-27(31)29(19-30,20-34-18-17-32-4)26(24-14-8-9-16-25(24)33-5)23-15-10-12-21-11-6-7-13-22(21)23/h6-16,26H,17-18,20H2,1-5H3. The second-order valence-electron chi connectivity index (χ2n) is 9.37. The zero-order chi connectivity index (χ0) is 25.5. The highest BCUT2D eigenvalue weighted by molar-refractivity contribution is 5.90. The zero-order valence-electron chi connectivity index (χ0n) is 21.0. The van der Waals surface area contributed by atoms with Crippen LogP contribution in [0.15, 0.2) is 66.7 Å². The topological polar surface area (TPSA) is 77.8 Å². The van der Waals surface area contributed by atoms with Gasteiger partial charge in [0.05, 0.1) is 33.0 Å². The molecule has 184 valence electrons. The third-order valence-corrected chi connectivity index (χ3v) is 5.80. The Hall–Kier alpha value is -3.40. The highest BCUT2D eigenvalue weighted by atomic mass is 16.6. The molecule has 2 unspecified atom stereocenters. The Morgan fingerprint density at radius 3 is 2.26 bits per heavy atom. The molecule has 35 heavy (non-hydrogen) atoms. The molecule has 0 aliphatic carbocycles. The number of para-hydroxylation sites is 1. The maximum atomic E-state index is 13.9. The van der Waals surface area contributed by atoms with E-state index in [0.29, 0.717) is 17.9 Å². The van der Waals surface area contributed by atoms with Gasteiger partial charge in [0.1, 0.15) is 11.4 Å². The number of nitriles is 1. The average Bonchev–Trinajstić information content (AvgIpc) is 2.85. The molecule has 0 bridgehead atoms. The van der Waals surface area contributed by atoms with Gasteiger partial charge in [0.25, 0.3) is 0 Å². The van der Waals surface area contributed by atoms with Gasteiger partial charge in [-0.3, -0.25) is 4.79 Å². The van der Waals surface area contributed by atoms with E-state index in [1.807, 2.05) is 66.7 Å². The van der Waals surface area contributed by atoms with Crippen LogP contribution in [0.25, 0.3) is 10.8 Å². The molecular weight excluding hydrogens is 442 g/mol. The molecule has 0 aliphatic heterocycles. The van der Waals surface area contributed by atoms with Crippen LogP contribution in [0.4, 0.5) is 0 Å². The van der Waals surface area contributed by atoms with Crippen molar-refractivity contribution in [2.75, 3.05) is 34.0 Å². The maximum Gasteiger partial charge on any atom is 0.330 e. The van der Waals surface area contributed by atoms with Crippen LogP contribution in [-0.2, 0) is 19.0 Å². The van der Waals surface area contributed by atoms with Crippen molar-refractivity contribution in [3.05, 3.63) is 77.9 Å². The van der Waals surface area contributed by atoms with Gasteiger partial charge in [0.15, 0.2) is 5.41 Å². The molecular formula is C29H33NO5. The third kappa shape index (κ3) is 5.82. The fraction of sp³-hybridized carbons (Fsp3) is 0.379. The zero-order valence-corrected chi connectivity index (χ0v) is 21.0. The number of benzene rings is 3. The Morgan fingerprint density at radius 2 is 1.57 bits per heavy atom. The predicted molar refractivity (Wildman–Crippen MR) is 135 cm³/mol. The lowest BCUT2D eigenvalue weighted by atomic mass is 9.68.